The third-order valence-electron chi connectivity index (χ3n) is 8.93. The number of hydrogen-bond donors (Lipinski definition) is 0. The second-order valence-electron chi connectivity index (χ2n) is 16.9. The summed E-state index contributed by atoms with van der Waals surface area (Å²) in [6, 6.07) is 31.8. The largest absolute Gasteiger partial charge is 0.455 e. The van der Waals surface area contributed by atoms with E-state index < -0.39 is 94.4 Å². The van der Waals surface area contributed by atoms with Crippen LogP contribution in [0.15, 0.2) is 91.0 Å². The summed E-state index contributed by atoms with van der Waals surface area (Å²) >= 11 is 0. The van der Waals surface area contributed by atoms with Crippen molar-refractivity contribution >= 4 is 110 Å². The molecule has 0 bridgehead atoms. The lowest BCUT2D eigenvalue weighted by Crippen LogP contribution is -2.76. The summed E-state index contributed by atoms with van der Waals surface area (Å²) in [7, 11) is -14.9. The molecule has 0 aliphatic heterocycles. The van der Waals surface area contributed by atoms with Crippen molar-refractivity contribution in [1.29, 1.82) is 0 Å². The minimum Gasteiger partial charge on any atom is -0.455 e. The predicted octanol–water partition coefficient (Wildman–Crippen LogP) is 6.98. The zero-order valence-electron chi connectivity index (χ0n) is 38.0. The first-order chi connectivity index (χ1) is 25.4. The Hall–Kier alpha value is -0.234. The highest BCUT2D eigenvalue weighted by molar-refractivity contribution is 7.63. The van der Waals surface area contributed by atoms with Crippen LogP contribution in [0.4, 0.5) is 0 Å². The third kappa shape index (κ3) is 17.5. The van der Waals surface area contributed by atoms with Crippen molar-refractivity contribution in [2.24, 2.45) is 0 Å². The fourth-order valence-electron chi connectivity index (χ4n) is 6.87. The van der Waals surface area contributed by atoms with Crippen LogP contribution in [0.1, 0.15) is 0 Å². The Morgan fingerprint density at radius 1 is 0.382 bits per heavy atom. The van der Waals surface area contributed by atoms with Crippen LogP contribution in [-0.2, 0) is 29.1 Å². The van der Waals surface area contributed by atoms with Crippen LogP contribution in [-0.4, -0.2) is 101 Å². The van der Waals surface area contributed by atoms with Crippen molar-refractivity contribution in [3.05, 3.63) is 91.0 Å². The van der Waals surface area contributed by atoms with Crippen molar-refractivity contribution in [3.8, 4) is 0 Å². The fourth-order valence-corrected chi connectivity index (χ4v) is 65.7. The van der Waals surface area contributed by atoms with Crippen molar-refractivity contribution in [2.45, 2.75) is 118 Å². The molecule has 55 heavy (non-hydrogen) atoms. The minimum atomic E-state index is -2.79. The van der Waals surface area contributed by atoms with Gasteiger partial charge in [0.1, 0.15) is 0 Å². The zero-order chi connectivity index (χ0) is 42.3. The van der Waals surface area contributed by atoms with Gasteiger partial charge in [-0.1, -0.05) is 104 Å². The van der Waals surface area contributed by atoms with E-state index in [1.165, 1.54) is 5.19 Å². The monoisotopic (exact) mass is 942 g/mol. The number of rotatable bonds is 18. The maximum Gasteiger partial charge on any atom is 0.387 e. The lowest BCUT2D eigenvalue weighted by molar-refractivity contribution is 0.352. The van der Waals surface area contributed by atoms with Crippen LogP contribution in [0.3, 0.4) is 0 Å². The Bertz CT molecular complexity index is 1420. The van der Waals surface area contributed by atoms with E-state index in [4.69, 9.17) is 29.1 Å². The lowest BCUT2D eigenvalue weighted by atomic mass is 10.4. The maximum absolute atomic E-state index is 6.92. The summed E-state index contributed by atoms with van der Waals surface area (Å²) in [6.07, 6.45) is 0. The lowest BCUT2D eigenvalue weighted by Gasteiger charge is -2.45. The summed E-state index contributed by atoms with van der Waals surface area (Å²) in [5.74, 6) is 0. The topological polar surface area (TPSA) is 64.6 Å². The highest BCUT2D eigenvalue weighted by Gasteiger charge is 2.55. The van der Waals surface area contributed by atoms with Crippen molar-refractivity contribution in [1.82, 2.24) is 0 Å². The minimum absolute atomic E-state index is 0.879. The van der Waals surface area contributed by atoms with E-state index in [0.717, 1.165) is 10.4 Å². The van der Waals surface area contributed by atoms with Gasteiger partial charge in [0.25, 0.3) is 0 Å². The summed E-state index contributed by atoms with van der Waals surface area (Å²) in [4.78, 5) is 0. The molecule has 0 saturated heterocycles. The van der Waals surface area contributed by atoms with Crippen LogP contribution in [0.5, 0.6) is 0 Å². The van der Waals surface area contributed by atoms with Gasteiger partial charge in [-0.2, -0.15) is 0 Å². The van der Waals surface area contributed by atoms with Crippen LogP contribution in [0, 0.1) is 0 Å². The Balaban J connectivity index is 0.000000446. The molecule has 0 heterocycles. The van der Waals surface area contributed by atoms with Gasteiger partial charge in [0, 0.05) is 7.11 Å². The van der Waals surface area contributed by atoms with Crippen molar-refractivity contribution < 1.29 is 29.1 Å². The van der Waals surface area contributed by atoms with Gasteiger partial charge in [-0.3, -0.25) is 0 Å². The number of hydrogen-bond acceptors (Lipinski definition) is 7. The smallest absolute Gasteiger partial charge is 0.387 e. The van der Waals surface area contributed by atoms with Gasteiger partial charge >= 0.3 is 25.7 Å². The van der Waals surface area contributed by atoms with Crippen LogP contribution < -0.4 is 15.6 Å². The Labute approximate surface area is 352 Å². The average Bonchev–Trinajstić information content (AvgIpc) is 3.06. The van der Waals surface area contributed by atoms with Crippen LogP contribution in [0.25, 0.3) is 0 Å². The molecule has 2 unspecified atom stereocenters. The van der Waals surface area contributed by atoms with E-state index in [1.54, 1.807) is 0 Å². The van der Waals surface area contributed by atoms with Crippen molar-refractivity contribution in [2.75, 3.05) is 7.11 Å². The average molecular weight is 944 g/mol. The van der Waals surface area contributed by atoms with Gasteiger partial charge in [-0.15, -0.1) is 0 Å². The van der Waals surface area contributed by atoms with Gasteiger partial charge in [0.2, 0.25) is 7.83 Å². The summed E-state index contributed by atoms with van der Waals surface area (Å²) in [6.45, 7) is 40.4. The second-order valence-corrected chi connectivity index (χ2v) is 62.9. The molecule has 0 spiro atoms. The Kier molecular flexibility index (Phi) is 23.2. The molecule has 0 radical (unpaired) electrons. The van der Waals surface area contributed by atoms with E-state index in [1.807, 2.05) is 19.2 Å². The molecule has 18 heteroatoms. The molecule has 3 aromatic rings. The number of benzene rings is 3. The van der Waals surface area contributed by atoms with Gasteiger partial charge < -0.3 is 29.1 Å². The summed E-state index contributed by atoms with van der Waals surface area (Å²) < 4.78 is 44.6. The first-order valence-electron chi connectivity index (χ1n) is 20.2. The summed E-state index contributed by atoms with van der Waals surface area (Å²) in [5, 5.41) is 3.75. The van der Waals surface area contributed by atoms with Crippen LogP contribution in [0.2, 0.25) is 118 Å². The summed E-state index contributed by atoms with van der Waals surface area (Å²) in [5.41, 5.74) is 0. The molecule has 2 atom stereocenters. The van der Waals surface area contributed by atoms with Gasteiger partial charge in [-0.05, 0) is 120 Å². The van der Waals surface area contributed by atoms with Crippen LogP contribution >= 0.6 is 0 Å². The molecule has 3 aromatic carbocycles. The third-order valence-corrected chi connectivity index (χ3v) is 65.8. The fraction of sp³-hybridized carbons (Fsp3) is 0.514. The molecule has 312 valence electrons. The van der Waals surface area contributed by atoms with E-state index >= 15 is 0 Å². The molecule has 7 nitrogen and oxygen atoms in total. The van der Waals surface area contributed by atoms with E-state index in [-0.39, 0.29) is 0 Å². The molecular weight excluding hydrogens is 865 g/mol. The van der Waals surface area contributed by atoms with Crippen molar-refractivity contribution in [3.63, 3.8) is 0 Å². The Morgan fingerprint density at radius 2 is 0.691 bits per heavy atom. The van der Waals surface area contributed by atoms with Gasteiger partial charge in [-0.25, -0.2) is 0 Å². The molecule has 0 amide bonds. The highest BCUT2D eigenvalue weighted by Crippen LogP contribution is 2.25. The molecule has 0 aliphatic rings. The predicted molar refractivity (Wildman–Crippen MR) is 269 cm³/mol. The first kappa shape index (κ1) is 52.8. The molecular formula is C37H78O7Si11. The van der Waals surface area contributed by atoms with E-state index in [2.05, 4.69) is 197 Å². The second kappa shape index (κ2) is 24.1. The standard InChI is InChI=1S/C18H30O3Si4.C13H28O2Si4.C6H20O2Si3/c1-22(2)19-24(5,6)21-25(20-23(3)4,17-13-9-7-10-14-17)18-15-11-8-12-16-18;1-14-19(7,17(4)5)18(6,15-16(2)3)13-11-9-8-10-12-13;1-9(2)7-11(5,6)8-10(3)4/h7-16,22-23H,1-6H3;8-12,16-17H,1-7H3;9-10H,1-6H3. The highest BCUT2D eigenvalue weighted by atomic mass is 29.6. The molecule has 0 aliphatic carbocycles. The molecule has 3 rings (SSSR count). The normalized spacial score (nSPS) is 14.8. The quantitative estimate of drug-likeness (QED) is 0.128. The Morgan fingerprint density at radius 3 is 0.982 bits per heavy atom. The molecule has 0 saturated carbocycles. The SMILES string of the molecule is CO[Si](C)([SiH](C)C)[Si](C)(O[SiH](C)C)c1ccccc1.C[SiH](C)O[Si](C)(C)O[SiH](C)C.C[SiH](C)O[Si](C)(C)O[Si](O[SiH](C)C)(c1ccccc1)c1ccccc1. The molecule has 0 fully saturated rings. The zero-order valence-corrected chi connectivity index (χ0v) is 49.9. The maximum atomic E-state index is 6.92. The van der Waals surface area contributed by atoms with E-state index in [0.29, 0.717) is 0 Å². The molecule has 0 aromatic heterocycles. The van der Waals surface area contributed by atoms with E-state index in [9.17, 15) is 0 Å². The first-order valence-corrected chi connectivity index (χ1v) is 51.5. The molecule has 0 N–H and O–H groups in total. The van der Waals surface area contributed by atoms with Gasteiger partial charge in [0.05, 0.1) is 8.31 Å². The van der Waals surface area contributed by atoms with Gasteiger partial charge in [0.15, 0.2) is 52.6 Å².